The number of rotatable bonds is 7. The standard InChI is InChI=1S/C19H21ClN4O5/c1-26-18-13(9-22-19(23-18)27-2)3-6-17(25)24-7-8-28-15(11-24)12-29-16-5-4-14(20)10-21-16/h3-6,9-10,15H,7-8,11-12H2,1-2H3/b6-3+. The van der Waals surface area contributed by atoms with Gasteiger partial charge in [0.15, 0.2) is 0 Å². The molecule has 0 aliphatic carbocycles. The maximum atomic E-state index is 12.6. The Morgan fingerprint density at radius 2 is 2.17 bits per heavy atom. The lowest BCUT2D eigenvalue weighted by atomic mass is 10.2. The molecule has 1 fully saturated rings. The van der Waals surface area contributed by atoms with Crippen molar-refractivity contribution in [2.45, 2.75) is 6.10 Å². The molecule has 1 saturated heterocycles. The number of morpholine rings is 1. The van der Waals surface area contributed by atoms with Crippen molar-refractivity contribution < 1.29 is 23.7 Å². The topological polar surface area (TPSA) is 95.9 Å². The first-order valence-corrected chi connectivity index (χ1v) is 9.25. The maximum Gasteiger partial charge on any atom is 0.319 e. The molecular formula is C19H21ClN4O5. The van der Waals surface area contributed by atoms with Crippen LogP contribution in [0.3, 0.4) is 0 Å². The van der Waals surface area contributed by atoms with Gasteiger partial charge in [0.1, 0.15) is 12.7 Å². The zero-order chi connectivity index (χ0) is 20.6. The fourth-order valence-electron chi connectivity index (χ4n) is 2.65. The molecule has 1 amide bonds. The summed E-state index contributed by atoms with van der Waals surface area (Å²) in [6, 6.07) is 3.57. The molecule has 0 bridgehead atoms. The third-order valence-corrected chi connectivity index (χ3v) is 4.33. The van der Waals surface area contributed by atoms with Crippen LogP contribution < -0.4 is 14.2 Å². The van der Waals surface area contributed by atoms with Gasteiger partial charge in [-0.05, 0) is 12.1 Å². The quantitative estimate of drug-likeness (QED) is 0.626. The van der Waals surface area contributed by atoms with Crippen LogP contribution >= 0.6 is 11.6 Å². The van der Waals surface area contributed by atoms with Gasteiger partial charge in [0.05, 0.1) is 38.0 Å². The second-order valence-corrected chi connectivity index (χ2v) is 6.49. The van der Waals surface area contributed by atoms with Crippen LogP contribution in [0.5, 0.6) is 17.8 Å². The highest BCUT2D eigenvalue weighted by molar-refractivity contribution is 6.30. The number of amides is 1. The summed E-state index contributed by atoms with van der Waals surface area (Å²) in [6.45, 7) is 1.61. The number of pyridine rings is 1. The molecule has 9 nitrogen and oxygen atoms in total. The molecule has 2 aromatic heterocycles. The van der Waals surface area contributed by atoms with Crippen molar-refractivity contribution in [1.29, 1.82) is 0 Å². The van der Waals surface area contributed by atoms with E-state index in [1.165, 1.54) is 32.7 Å². The Labute approximate surface area is 173 Å². The number of hydrogen-bond donors (Lipinski definition) is 0. The molecule has 0 radical (unpaired) electrons. The van der Waals surface area contributed by atoms with Crippen molar-refractivity contribution in [1.82, 2.24) is 19.9 Å². The van der Waals surface area contributed by atoms with Crippen LogP contribution in [0, 0.1) is 0 Å². The molecule has 1 aliphatic rings. The van der Waals surface area contributed by atoms with Gasteiger partial charge in [0.2, 0.25) is 17.7 Å². The van der Waals surface area contributed by atoms with E-state index in [0.717, 1.165) is 0 Å². The molecule has 0 saturated carbocycles. The van der Waals surface area contributed by atoms with Gasteiger partial charge < -0.3 is 23.8 Å². The Hall–Kier alpha value is -2.91. The predicted molar refractivity (Wildman–Crippen MR) is 105 cm³/mol. The maximum absolute atomic E-state index is 12.6. The molecule has 1 unspecified atom stereocenters. The van der Waals surface area contributed by atoms with Gasteiger partial charge in [0, 0.05) is 31.1 Å². The molecule has 1 aliphatic heterocycles. The van der Waals surface area contributed by atoms with E-state index in [0.29, 0.717) is 42.0 Å². The highest BCUT2D eigenvalue weighted by Crippen LogP contribution is 2.19. The number of aromatic nitrogens is 3. The molecule has 0 N–H and O–H groups in total. The van der Waals surface area contributed by atoms with Crippen molar-refractivity contribution in [2.24, 2.45) is 0 Å². The molecule has 3 rings (SSSR count). The van der Waals surface area contributed by atoms with Crippen molar-refractivity contribution in [3.63, 3.8) is 0 Å². The number of nitrogens with zero attached hydrogens (tertiary/aromatic N) is 4. The van der Waals surface area contributed by atoms with Gasteiger partial charge in [-0.15, -0.1) is 0 Å². The van der Waals surface area contributed by atoms with Crippen LogP contribution in [0.15, 0.2) is 30.6 Å². The van der Waals surface area contributed by atoms with Gasteiger partial charge in [0.25, 0.3) is 0 Å². The van der Waals surface area contributed by atoms with Crippen molar-refractivity contribution in [2.75, 3.05) is 40.5 Å². The Balaban J connectivity index is 1.56. The fourth-order valence-corrected chi connectivity index (χ4v) is 2.76. The van der Waals surface area contributed by atoms with E-state index in [-0.39, 0.29) is 24.6 Å². The molecular weight excluding hydrogens is 400 g/mol. The van der Waals surface area contributed by atoms with E-state index in [4.69, 9.17) is 30.5 Å². The van der Waals surface area contributed by atoms with E-state index in [1.807, 2.05) is 0 Å². The number of ether oxygens (including phenoxy) is 4. The average molecular weight is 421 g/mol. The first-order chi connectivity index (χ1) is 14.1. The number of halogens is 1. The molecule has 154 valence electrons. The molecule has 0 spiro atoms. The van der Waals surface area contributed by atoms with E-state index >= 15 is 0 Å². The lowest BCUT2D eigenvalue weighted by Gasteiger charge is -2.32. The van der Waals surface area contributed by atoms with Gasteiger partial charge in [-0.25, -0.2) is 9.97 Å². The SMILES string of the molecule is COc1ncc(/C=C/C(=O)N2CCOC(COc3ccc(Cl)cn3)C2)c(OC)n1. The van der Waals surface area contributed by atoms with E-state index < -0.39 is 0 Å². The number of carbonyl (C=O) groups is 1. The summed E-state index contributed by atoms with van der Waals surface area (Å²) in [6.07, 6.45) is 5.86. The van der Waals surface area contributed by atoms with Crippen LogP contribution in [0.25, 0.3) is 6.08 Å². The summed E-state index contributed by atoms with van der Waals surface area (Å²) in [5.74, 6) is 0.623. The lowest BCUT2D eigenvalue weighted by molar-refractivity contribution is -0.134. The van der Waals surface area contributed by atoms with Gasteiger partial charge in [-0.2, -0.15) is 4.98 Å². The van der Waals surface area contributed by atoms with Crippen LogP contribution in [0.4, 0.5) is 0 Å². The normalized spacial score (nSPS) is 16.7. The minimum Gasteiger partial charge on any atom is -0.480 e. The summed E-state index contributed by atoms with van der Waals surface area (Å²) in [5, 5.41) is 0.536. The van der Waals surface area contributed by atoms with E-state index in [2.05, 4.69) is 15.0 Å². The molecule has 2 aromatic rings. The average Bonchev–Trinajstić information content (AvgIpc) is 2.77. The Kier molecular flexibility index (Phi) is 7.20. The van der Waals surface area contributed by atoms with Gasteiger partial charge >= 0.3 is 6.01 Å². The van der Waals surface area contributed by atoms with Gasteiger partial charge in [-0.3, -0.25) is 4.79 Å². The summed E-state index contributed by atoms with van der Waals surface area (Å²) < 4.78 is 21.5. The summed E-state index contributed by atoms with van der Waals surface area (Å²) in [5.41, 5.74) is 0.573. The first-order valence-electron chi connectivity index (χ1n) is 8.87. The second kappa shape index (κ2) is 10.0. The van der Waals surface area contributed by atoms with Crippen LogP contribution in [-0.2, 0) is 9.53 Å². The third kappa shape index (κ3) is 5.78. The molecule has 1 atom stereocenters. The monoisotopic (exact) mass is 420 g/mol. The molecule has 3 heterocycles. The Bertz CT molecular complexity index is 862. The molecule has 0 aromatic carbocycles. The fraction of sp³-hybridized carbons (Fsp3) is 0.368. The van der Waals surface area contributed by atoms with E-state index in [1.54, 1.807) is 23.1 Å². The minimum atomic E-state index is -0.252. The number of carbonyl (C=O) groups excluding carboxylic acids is 1. The van der Waals surface area contributed by atoms with Crippen molar-refractivity contribution in [3.8, 4) is 17.8 Å². The highest BCUT2D eigenvalue weighted by atomic mass is 35.5. The molecule has 10 heteroatoms. The van der Waals surface area contributed by atoms with Crippen LogP contribution in [-0.4, -0.2) is 72.4 Å². The van der Waals surface area contributed by atoms with Crippen molar-refractivity contribution >= 4 is 23.6 Å². The van der Waals surface area contributed by atoms with Crippen molar-refractivity contribution in [3.05, 3.63) is 41.2 Å². The van der Waals surface area contributed by atoms with Crippen LogP contribution in [0.2, 0.25) is 5.02 Å². The summed E-state index contributed by atoms with van der Waals surface area (Å²) in [4.78, 5) is 26.4. The Morgan fingerprint density at radius 3 is 2.90 bits per heavy atom. The number of hydrogen-bond acceptors (Lipinski definition) is 8. The Morgan fingerprint density at radius 1 is 1.31 bits per heavy atom. The number of methoxy groups -OCH3 is 2. The third-order valence-electron chi connectivity index (χ3n) is 4.11. The lowest BCUT2D eigenvalue weighted by Crippen LogP contribution is -2.47. The zero-order valence-electron chi connectivity index (χ0n) is 16.1. The van der Waals surface area contributed by atoms with E-state index in [9.17, 15) is 4.79 Å². The highest BCUT2D eigenvalue weighted by Gasteiger charge is 2.23. The zero-order valence-corrected chi connectivity index (χ0v) is 16.8. The second-order valence-electron chi connectivity index (χ2n) is 6.06. The molecule has 29 heavy (non-hydrogen) atoms. The minimum absolute atomic E-state index is 0.152. The largest absolute Gasteiger partial charge is 0.480 e. The van der Waals surface area contributed by atoms with Gasteiger partial charge in [-0.1, -0.05) is 11.6 Å². The smallest absolute Gasteiger partial charge is 0.319 e. The summed E-state index contributed by atoms with van der Waals surface area (Å²) >= 11 is 5.81. The van der Waals surface area contributed by atoms with Crippen LogP contribution in [0.1, 0.15) is 5.56 Å². The first kappa shape index (κ1) is 20.8. The predicted octanol–water partition coefficient (Wildman–Crippen LogP) is 1.86. The summed E-state index contributed by atoms with van der Waals surface area (Å²) in [7, 11) is 2.96.